The van der Waals surface area contributed by atoms with Gasteiger partial charge in [-0.25, -0.2) is 4.79 Å². The highest BCUT2D eigenvalue weighted by Gasteiger charge is 2.41. The Kier molecular flexibility index (Phi) is 4.73. The van der Waals surface area contributed by atoms with Crippen molar-refractivity contribution in [3.63, 3.8) is 0 Å². The van der Waals surface area contributed by atoms with E-state index in [1.165, 1.54) is 12.1 Å². The Hall–Kier alpha value is -2.09. The summed E-state index contributed by atoms with van der Waals surface area (Å²) >= 11 is 0. The van der Waals surface area contributed by atoms with Crippen molar-refractivity contribution in [3.8, 4) is 0 Å². The van der Waals surface area contributed by atoms with Crippen molar-refractivity contribution in [1.29, 1.82) is 0 Å². The fraction of sp³-hybridized carbons (Fsp3) is 0.529. The lowest BCUT2D eigenvalue weighted by atomic mass is 10.1. The number of amides is 1. The van der Waals surface area contributed by atoms with E-state index in [9.17, 15) is 22.8 Å². The summed E-state index contributed by atoms with van der Waals surface area (Å²) < 4.78 is 43.2. The summed E-state index contributed by atoms with van der Waals surface area (Å²) in [4.78, 5) is 25.2. The van der Waals surface area contributed by atoms with Crippen LogP contribution in [0.1, 0.15) is 36.8 Å². The van der Waals surface area contributed by atoms with Crippen LogP contribution in [0.25, 0.3) is 0 Å². The summed E-state index contributed by atoms with van der Waals surface area (Å²) in [6.45, 7) is 0.194. The highest BCUT2D eigenvalue weighted by molar-refractivity contribution is 5.83. The van der Waals surface area contributed by atoms with Gasteiger partial charge in [0, 0.05) is 12.6 Å². The first-order valence-corrected chi connectivity index (χ1v) is 8.10. The highest BCUT2D eigenvalue weighted by Crippen LogP contribution is 2.33. The lowest BCUT2D eigenvalue weighted by Gasteiger charge is -2.25. The van der Waals surface area contributed by atoms with Crippen LogP contribution in [0.2, 0.25) is 0 Å². The van der Waals surface area contributed by atoms with Crippen molar-refractivity contribution in [2.75, 3.05) is 0 Å². The molecule has 2 atom stereocenters. The molecule has 0 radical (unpaired) electrons. The van der Waals surface area contributed by atoms with Gasteiger partial charge in [-0.2, -0.15) is 13.2 Å². The molecule has 1 aliphatic carbocycles. The second-order valence-corrected chi connectivity index (χ2v) is 6.42. The maximum Gasteiger partial charge on any atom is 0.416 e. The third-order valence-electron chi connectivity index (χ3n) is 4.48. The van der Waals surface area contributed by atoms with Crippen LogP contribution >= 0.6 is 0 Å². The fourth-order valence-corrected chi connectivity index (χ4v) is 2.95. The molecular formula is C17H18F3NO4. The van der Waals surface area contributed by atoms with E-state index in [0.29, 0.717) is 12.0 Å². The molecule has 0 spiro atoms. The SMILES string of the molecule is O=C(O)[C@H]1CC[C@@H](C(=O)N(Cc2ccc(C(F)(F)F)cc2)C2CC2)O1. The zero-order valence-electron chi connectivity index (χ0n) is 13.3. The number of aliphatic carboxylic acids is 1. The van der Waals surface area contributed by atoms with Gasteiger partial charge in [0.15, 0.2) is 6.10 Å². The number of nitrogens with zero attached hydrogens (tertiary/aromatic N) is 1. The molecule has 25 heavy (non-hydrogen) atoms. The fourth-order valence-electron chi connectivity index (χ4n) is 2.95. The smallest absolute Gasteiger partial charge is 0.416 e. The van der Waals surface area contributed by atoms with Crippen LogP contribution < -0.4 is 0 Å². The first-order valence-electron chi connectivity index (χ1n) is 8.10. The molecule has 1 aromatic rings. The molecule has 1 heterocycles. The highest BCUT2D eigenvalue weighted by atomic mass is 19.4. The predicted octanol–water partition coefficient (Wildman–Crippen LogP) is 2.83. The number of carboxylic acid groups (broad SMARTS) is 1. The largest absolute Gasteiger partial charge is 0.479 e. The zero-order chi connectivity index (χ0) is 18.2. The molecule has 3 rings (SSSR count). The molecule has 136 valence electrons. The molecule has 1 saturated heterocycles. The van der Waals surface area contributed by atoms with Crippen LogP contribution in [-0.2, 0) is 27.0 Å². The van der Waals surface area contributed by atoms with Gasteiger partial charge in [0.25, 0.3) is 5.91 Å². The third kappa shape index (κ3) is 4.12. The minimum Gasteiger partial charge on any atom is -0.479 e. The maximum absolute atomic E-state index is 12.7. The summed E-state index contributed by atoms with van der Waals surface area (Å²) in [5, 5.41) is 8.96. The van der Waals surface area contributed by atoms with Gasteiger partial charge in [0.2, 0.25) is 0 Å². The van der Waals surface area contributed by atoms with E-state index < -0.39 is 29.9 Å². The van der Waals surface area contributed by atoms with E-state index in [1.54, 1.807) is 4.90 Å². The summed E-state index contributed by atoms with van der Waals surface area (Å²) in [6.07, 6.45) is -3.87. The van der Waals surface area contributed by atoms with Crippen molar-refractivity contribution < 1.29 is 32.6 Å². The number of rotatable bonds is 5. The summed E-state index contributed by atoms with van der Waals surface area (Å²) in [6, 6.07) is 4.76. The maximum atomic E-state index is 12.7. The van der Waals surface area contributed by atoms with Crippen LogP contribution in [0.4, 0.5) is 13.2 Å². The van der Waals surface area contributed by atoms with Crippen LogP contribution in [0, 0.1) is 0 Å². The van der Waals surface area contributed by atoms with Gasteiger partial charge in [-0.05, 0) is 43.4 Å². The van der Waals surface area contributed by atoms with Crippen molar-refractivity contribution in [2.24, 2.45) is 0 Å². The van der Waals surface area contributed by atoms with E-state index >= 15 is 0 Å². The number of hydrogen-bond donors (Lipinski definition) is 1. The van der Waals surface area contributed by atoms with Crippen LogP contribution in [0.5, 0.6) is 0 Å². The van der Waals surface area contributed by atoms with Gasteiger partial charge < -0.3 is 14.7 Å². The van der Waals surface area contributed by atoms with Crippen LogP contribution in [0.15, 0.2) is 24.3 Å². The van der Waals surface area contributed by atoms with Crippen molar-refractivity contribution in [2.45, 2.75) is 56.7 Å². The number of alkyl halides is 3. The Labute approximate surface area is 142 Å². The zero-order valence-corrected chi connectivity index (χ0v) is 13.3. The number of hydrogen-bond acceptors (Lipinski definition) is 3. The molecule has 1 saturated carbocycles. The Bertz CT molecular complexity index is 655. The number of benzene rings is 1. The molecule has 2 fully saturated rings. The molecule has 0 aromatic heterocycles. The lowest BCUT2D eigenvalue weighted by Crippen LogP contribution is -2.40. The van der Waals surface area contributed by atoms with Gasteiger partial charge >= 0.3 is 12.1 Å². The standard InChI is InChI=1S/C17H18F3NO4/c18-17(19,20)11-3-1-10(2-4-11)9-21(12-5-6-12)15(22)13-7-8-14(25-13)16(23)24/h1-4,12-14H,5-9H2,(H,23,24)/t13-,14+/m0/s1. The average molecular weight is 357 g/mol. The Morgan fingerprint density at radius 3 is 2.16 bits per heavy atom. The average Bonchev–Trinajstić information content (AvgIpc) is 3.26. The first-order chi connectivity index (χ1) is 11.8. The number of carboxylic acids is 1. The normalized spacial score (nSPS) is 23.5. The summed E-state index contributed by atoms with van der Waals surface area (Å²) in [5.41, 5.74) is -0.134. The topological polar surface area (TPSA) is 66.8 Å². The molecule has 2 aliphatic rings. The Balaban J connectivity index is 1.68. The van der Waals surface area contributed by atoms with Crippen LogP contribution in [-0.4, -0.2) is 40.1 Å². The second-order valence-electron chi connectivity index (χ2n) is 6.42. The predicted molar refractivity (Wildman–Crippen MR) is 80.5 cm³/mol. The molecular weight excluding hydrogens is 339 g/mol. The minimum atomic E-state index is -4.39. The van der Waals surface area contributed by atoms with E-state index in [2.05, 4.69) is 0 Å². The van der Waals surface area contributed by atoms with Gasteiger partial charge in [-0.1, -0.05) is 12.1 Å². The summed E-state index contributed by atoms with van der Waals surface area (Å²) in [5.74, 6) is -1.37. The van der Waals surface area contributed by atoms with Crippen molar-refractivity contribution >= 4 is 11.9 Å². The number of carbonyl (C=O) groups is 2. The van der Waals surface area contributed by atoms with Crippen molar-refractivity contribution in [1.82, 2.24) is 4.90 Å². The molecule has 5 nitrogen and oxygen atoms in total. The monoisotopic (exact) mass is 357 g/mol. The van der Waals surface area contributed by atoms with Crippen molar-refractivity contribution in [3.05, 3.63) is 35.4 Å². The number of halogens is 3. The van der Waals surface area contributed by atoms with Crippen LogP contribution in [0.3, 0.4) is 0 Å². The van der Waals surface area contributed by atoms with Gasteiger partial charge in [-0.3, -0.25) is 4.79 Å². The molecule has 8 heteroatoms. The Morgan fingerprint density at radius 2 is 1.68 bits per heavy atom. The molecule has 0 bridgehead atoms. The molecule has 1 aliphatic heterocycles. The minimum absolute atomic E-state index is 0.0438. The number of ether oxygens (including phenoxy) is 1. The van der Waals surface area contributed by atoms with Gasteiger partial charge in [0.05, 0.1) is 5.56 Å². The second kappa shape index (κ2) is 6.67. The number of carbonyl (C=O) groups excluding carboxylic acids is 1. The van der Waals surface area contributed by atoms with E-state index in [4.69, 9.17) is 9.84 Å². The van der Waals surface area contributed by atoms with Gasteiger partial charge in [0.1, 0.15) is 6.10 Å². The molecule has 1 aromatic carbocycles. The molecule has 1 amide bonds. The summed E-state index contributed by atoms with van der Waals surface area (Å²) in [7, 11) is 0. The molecule has 1 N–H and O–H groups in total. The Morgan fingerprint density at radius 1 is 1.08 bits per heavy atom. The quantitative estimate of drug-likeness (QED) is 0.880. The van der Waals surface area contributed by atoms with E-state index in [1.807, 2.05) is 0 Å². The third-order valence-corrected chi connectivity index (χ3v) is 4.48. The lowest BCUT2D eigenvalue weighted by molar-refractivity contribution is -0.155. The molecule has 0 unspecified atom stereocenters. The van der Waals surface area contributed by atoms with E-state index in [-0.39, 0.29) is 24.9 Å². The van der Waals surface area contributed by atoms with Gasteiger partial charge in [-0.15, -0.1) is 0 Å². The van der Waals surface area contributed by atoms with E-state index in [0.717, 1.165) is 25.0 Å². The first kappa shape index (κ1) is 17.7.